The molecular weight excluding hydrogens is 356 g/mol. The van der Waals surface area contributed by atoms with Gasteiger partial charge < -0.3 is 10.5 Å². The third-order valence-electron chi connectivity index (χ3n) is 4.63. The lowest BCUT2D eigenvalue weighted by molar-refractivity contribution is 0.408. The molecule has 1 aliphatic heterocycles. The van der Waals surface area contributed by atoms with E-state index in [0.717, 1.165) is 34.4 Å². The molecule has 0 saturated heterocycles. The summed E-state index contributed by atoms with van der Waals surface area (Å²) in [6, 6.07) is 16.5. The largest absolute Gasteiger partial charge is 0.496 e. The average molecular weight is 376 g/mol. The maximum absolute atomic E-state index is 6.18. The zero-order valence-corrected chi connectivity index (χ0v) is 15.8. The lowest BCUT2D eigenvalue weighted by Crippen LogP contribution is -2.19. The van der Waals surface area contributed by atoms with Crippen molar-refractivity contribution in [2.45, 2.75) is 17.7 Å². The van der Waals surface area contributed by atoms with Crippen LogP contribution in [0.3, 0.4) is 0 Å². The van der Waals surface area contributed by atoms with E-state index < -0.39 is 0 Å². The number of hydrogen-bond acceptors (Lipinski definition) is 6. The van der Waals surface area contributed by atoms with Crippen molar-refractivity contribution in [3.63, 3.8) is 0 Å². The van der Waals surface area contributed by atoms with E-state index in [9.17, 15) is 0 Å². The van der Waals surface area contributed by atoms with E-state index in [1.165, 1.54) is 6.33 Å². The van der Waals surface area contributed by atoms with Crippen LogP contribution in [0.25, 0.3) is 11.1 Å². The van der Waals surface area contributed by atoms with Crippen LogP contribution in [0.4, 0.5) is 0 Å². The Morgan fingerprint density at radius 3 is 2.67 bits per heavy atom. The summed E-state index contributed by atoms with van der Waals surface area (Å²) in [4.78, 5) is 12.9. The van der Waals surface area contributed by atoms with Crippen molar-refractivity contribution in [1.29, 1.82) is 0 Å². The lowest BCUT2D eigenvalue weighted by Gasteiger charge is -2.27. The maximum atomic E-state index is 6.18. The first kappa shape index (κ1) is 17.5. The summed E-state index contributed by atoms with van der Waals surface area (Å²) >= 11 is 1.60. The summed E-state index contributed by atoms with van der Waals surface area (Å²) in [5.41, 5.74) is 10.5. The van der Waals surface area contributed by atoms with E-state index >= 15 is 0 Å². The molecule has 0 amide bonds. The Kier molecular flexibility index (Phi) is 5.07. The Balaban J connectivity index is 1.65. The Bertz CT molecular complexity index is 961. The number of nitrogens with two attached hydrogens (primary N) is 1. The van der Waals surface area contributed by atoms with Crippen LogP contribution in [-0.2, 0) is 0 Å². The standard InChI is InChI=1S/C21H20N4OS/c1-26-19-8-3-2-7-17(19)20-10-18(25-21(22)27-20)15-6-4-5-14(9-15)16-11-23-13-24-12-16/h2-9,11-13,18,20H,10H2,1H3,(H2,22,25). The van der Waals surface area contributed by atoms with Crippen LogP contribution in [-0.4, -0.2) is 22.2 Å². The van der Waals surface area contributed by atoms with E-state index in [-0.39, 0.29) is 11.3 Å². The van der Waals surface area contributed by atoms with Crippen LogP contribution in [0.2, 0.25) is 0 Å². The molecule has 4 rings (SSSR count). The maximum Gasteiger partial charge on any atom is 0.155 e. The number of nitrogens with zero attached hydrogens (tertiary/aromatic N) is 3. The molecule has 2 atom stereocenters. The number of thioether (sulfide) groups is 1. The highest BCUT2D eigenvalue weighted by atomic mass is 32.2. The molecule has 0 saturated carbocycles. The van der Waals surface area contributed by atoms with Gasteiger partial charge in [-0.25, -0.2) is 9.97 Å². The summed E-state index contributed by atoms with van der Waals surface area (Å²) in [5, 5.41) is 0.808. The molecule has 1 aromatic heterocycles. The molecule has 27 heavy (non-hydrogen) atoms. The van der Waals surface area contributed by atoms with Crippen LogP contribution in [0, 0.1) is 0 Å². The summed E-state index contributed by atoms with van der Waals surface area (Å²) < 4.78 is 5.54. The van der Waals surface area contributed by atoms with Crippen molar-refractivity contribution in [2.75, 3.05) is 7.11 Å². The SMILES string of the molecule is COc1ccccc1C1CC(c2cccc(-c3cncnc3)c2)N=C(N)S1. The quantitative estimate of drug-likeness (QED) is 0.731. The molecular formula is C21H20N4OS. The summed E-state index contributed by atoms with van der Waals surface area (Å²) in [6.07, 6.45) is 6.03. The highest BCUT2D eigenvalue weighted by Gasteiger charge is 2.28. The smallest absolute Gasteiger partial charge is 0.155 e. The minimum absolute atomic E-state index is 0.00532. The third kappa shape index (κ3) is 3.80. The molecule has 2 aromatic carbocycles. The fourth-order valence-corrected chi connectivity index (χ4v) is 4.42. The molecule has 3 aromatic rings. The van der Waals surface area contributed by atoms with Gasteiger partial charge in [0.15, 0.2) is 5.17 Å². The normalized spacial score (nSPS) is 19.4. The minimum atomic E-state index is 0.00532. The second kappa shape index (κ2) is 7.80. The Labute approximate surface area is 162 Å². The molecule has 0 radical (unpaired) electrons. The number of benzene rings is 2. The van der Waals surface area contributed by atoms with E-state index in [0.29, 0.717) is 5.17 Å². The third-order valence-corrected chi connectivity index (χ3v) is 5.71. The van der Waals surface area contributed by atoms with Gasteiger partial charge in [0.25, 0.3) is 0 Å². The number of para-hydroxylation sites is 1. The number of ether oxygens (including phenoxy) is 1. The monoisotopic (exact) mass is 376 g/mol. The first-order valence-corrected chi connectivity index (χ1v) is 9.61. The Morgan fingerprint density at radius 1 is 1.04 bits per heavy atom. The number of aromatic nitrogens is 2. The van der Waals surface area contributed by atoms with Crippen molar-refractivity contribution in [1.82, 2.24) is 9.97 Å². The molecule has 0 spiro atoms. The van der Waals surface area contributed by atoms with Gasteiger partial charge in [-0.15, -0.1) is 0 Å². The van der Waals surface area contributed by atoms with Crippen molar-refractivity contribution >= 4 is 16.9 Å². The number of hydrogen-bond donors (Lipinski definition) is 1. The second-order valence-electron chi connectivity index (χ2n) is 6.32. The summed E-state index contributed by atoms with van der Waals surface area (Å²) in [6.45, 7) is 0. The first-order chi connectivity index (χ1) is 13.2. The summed E-state index contributed by atoms with van der Waals surface area (Å²) in [5.74, 6) is 0.888. The van der Waals surface area contributed by atoms with E-state index in [1.807, 2.05) is 36.7 Å². The molecule has 2 heterocycles. The molecule has 2 N–H and O–H groups in total. The Hall–Kier alpha value is -2.86. The predicted molar refractivity (Wildman–Crippen MR) is 110 cm³/mol. The highest BCUT2D eigenvalue weighted by molar-refractivity contribution is 8.14. The molecule has 2 unspecified atom stereocenters. The minimum Gasteiger partial charge on any atom is -0.496 e. The summed E-state index contributed by atoms with van der Waals surface area (Å²) in [7, 11) is 1.70. The number of amidine groups is 1. The molecule has 0 aliphatic carbocycles. The van der Waals surface area contributed by atoms with Gasteiger partial charge in [-0.3, -0.25) is 4.99 Å². The molecule has 6 heteroatoms. The van der Waals surface area contributed by atoms with Crippen LogP contribution in [0.15, 0.2) is 72.2 Å². The molecule has 5 nitrogen and oxygen atoms in total. The zero-order chi connectivity index (χ0) is 18.6. The first-order valence-electron chi connectivity index (χ1n) is 8.73. The van der Waals surface area contributed by atoms with E-state index in [4.69, 9.17) is 15.5 Å². The van der Waals surface area contributed by atoms with Gasteiger partial charge in [0, 0.05) is 28.8 Å². The van der Waals surface area contributed by atoms with Gasteiger partial charge >= 0.3 is 0 Å². The molecule has 136 valence electrons. The molecule has 0 bridgehead atoms. The van der Waals surface area contributed by atoms with Crippen molar-refractivity contribution in [2.24, 2.45) is 10.7 Å². The fourth-order valence-electron chi connectivity index (χ4n) is 3.34. The molecule has 0 fully saturated rings. The van der Waals surface area contributed by atoms with Crippen LogP contribution in [0.5, 0.6) is 5.75 Å². The Morgan fingerprint density at radius 2 is 1.85 bits per heavy atom. The lowest BCUT2D eigenvalue weighted by atomic mass is 9.96. The predicted octanol–water partition coefficient (Wildman–Crippen LogP) is 4.39. The topological polar surface area (TPSA) is 73.4 Å². The van der Waals surface area contributed by atoms with Crippen molar-refractivity contribution in [3.8, 4) is 16.9 Å². The average Bonchev–Trinajstić information content (AvgIpc) is 2.74. The highest BCUT2D eigenvalue weighted by Crippen LogP contribution is 2.45. The van der Waals surface area contributed by atoms with Crippen molar-refractivity contribution < 1.29 is 4.74 Å². The van der Waals surface area contributed by atoms with E-state index in [2.05, 4.69) is 34.2 Å². The number of methoxy groups -OCH3 is 1. The van der Waals surface area contributed by atoms with E-state index in [1.54, 1.807) is 18.9 Å². The van der Waals surface area contributed by atoms with Gasteiger partial charge in [0.2, 0.25) is 0 Å². The van der Waals surface area contributed by atoms with Gasteiger partial charge in [0.05, 0.1) is 13.2 Å². The van der Waals surface area contributed by atoms with Gasteiger partial charge in [-0.05, 0) is 29.7 Å². The zero-order valence-electron chi connectivity index (χ0n) is 14.9. The fraction of sp³-hybridized carbons (Fsp3) is 0.190. The van der Waals surface area contributed by atoms with Crippen LogP contribution in [0.1, 0.15) is 28.8 Å². The second-order valence-corrected chi connectivity index (χ2v) is 7.54. The van der Waals surface area contributed by atoms with Gasteiger partial charge in [-0.2, -0.15) is 0 Å². The van der Waals surface area contributed by atoms with Gasteiger partial charge in [-0.1, -0.05) is 48.2 Å². The number of rotatable bonds is 4. The number of aliphatic imine (C=N–C) groups is 1. The van der Waals surface area contributed by atoms with Crippen LogP contribution >= 0.6 is 11.8 Å². The van der Waals surface area contributed by atoms with Gasteiger partial charge in [0.1, 0.15) is 12.1 Å². The van der Waals surface area contributed by atoms with Crippen molar-refractivity contribution in [3.05, 3.63) is 78.4 Å². The van der Waals surface area contributed by atoms with Crippen LogP contribution < -0.4 is 10.5 Å². The molecule has 1 aliphatic rings.